The Kier molecular flexibility index (Phi) is 3.77. The van der Waals surface area contributed by atoms with E-state index >= 15 is 0 Å². The number of thiophene rings is 1. The highest BCUT2D eigenvalue weighted by Crippen LogP contribution is 2.26. The minimum absolute atomic E-state index is 0.708. The molecule has 3 N–H and O–H groups in total. The van der Waals surface area contributed by atoms with Crippen LogP contribution in [0.5, 0.6) is 5.75 Å². The van der Waals surface area contributed by atoms with Crippen LogP contribution < -0.4 is 15.8 Å². The van der Waals surface area contributed by atoms with E-state index in [2.05, 4.69) is 25.2 Å². The van der Waals surface area contributed by atoms with Crippen LogP contribution in [0.15, 0.2) is 24.3 Å². The predicted octanol–water partition coefficient (Wildman–Crippen LogP) is 3.57. The molecule has 0 atom stereocenters. The number of nitrogens with two attached hydrogens (primary N) is 1. The van der Waals surface area contributed by atoms with Gasteiger partial charge < -0.3 is 15.8 Å². The van der Waals surface area contributed by atoms with Crippen molar-refractivity contribution in [3.8, 4) is 5.75 Å². The van der Waals surface area contributed by atoms with Gasteiger partial charge in [-0.05, 0) is 37.6 Å². The Labute approximate surface area is 112 Å². The van der Waals surface area contributed by atoms with Gasteiger partial charge >= 0.3 is 0 Å². The predicted molar refractivity (Wildman–Crippen MR) is 78.5 cm³/mol. The van der Waals surface area contributed by atoms with Crippen LogP contribution in [0.2, 0.25) is 0 Å². The lowest BCUT2D eigenvalue weighted by molar-refractivity contribution is 0.415. The SMILES string of the molecule is COc1ccc(NCc2cc(C)c(C)s2)c(N)c1. The molecule has 0 aliphatic heterocycles. The molecular formula is C14H18N2OS. The molecule has 0 unspecified atom stereocenters. The Hall–Kier alpha value is -1.68. The summed E-state index contributed by atoms with van der Waals surface area (Å²) in [6.07, 6.45) is 0. The molecule has 96 valence electrons. The third-order valence-electron chi connectivity index (χ3n) is 2.93. The monoisotopic (exact) mass is 262 g/mol. The third kappa shape index (κ3) is 2.76. The quantitative estimate of drug-likeness (QED) is 0.828. The number of aryl methyl sites for hydroxylation is 2. The molecule has 18 heavy (non-hydrogen) atoms. The van der Waals surface area contributed by atoms with Crippen molar-refractivity contribution >= 4 is 22.7 Å². The van der Waals surface area contributed by atoms with Crippen molar-refractivity contribution in [3.63, 3.8) is 0 Å². The summed E-state index contributed by atoms with van der Waals surface area (Å²) in [4.78, 5) is 2.69. The highest BCUT2D eigenvalue weighted by Gasteiger charge is 2.04. The molecule has 0 saturated carbocycles. The van der Waals surface area contributed by atoms with Gasteiger partial charge in [-0.15, -0.1) is 11.3 Å². The third-order valence-corrected chi connectivity index (χ3v) is 4.08. The molecule has 0 saturated heterocycles. The van der Waals surface area contributed by atoms with Gasteiger partial charge in [-0.2, -0.15) is 0 Å². The summed E-state index contributed by atoms with van der Waals surface area (Å²) in [7, 11) is 1.64. The number of rotatable bonds is 4. The topological polar surface area (TPSA) is 47.3 Å². The van der Waals surface area contributed by atoms with Crippen molar-refractivity contribution < 1.29 is 4.74 Å². The molecule has 1 aromatic carbocycles. The number of methoxy groups -OCH3 is 1. The van der Waals surface area contributed by atoms with E-state index in [0.29, 0.717) is 5.69 Å². The first-order valence-electron chi connectivity index (χ1n) is 5.83. The van der Waals surface area contributed by atoms with Crippen LogP contribution in [0.4, 0.5) is 11.4 Å². The fourth-order valence-corrected chi connectivity index (χ4v) is 2.74. The minimum Gasteiger partial charge on any atom is -0.497 e. The molecule has 0 fully saturated rings. The lowest BCUT2D eigenvalue weighted by Crippen LogP contribution is -2.01. The highest BCUT2D eigenvalue weighted by atomic mass is 32.1. The summed E-state index contributed by atoms with van der Waals surface area (Å²) in [6, 6.07) is 7.89. The number of anilines is 2. The first kappa shape index (κ1) is 12.8. The molecule has 0 bridgehead atoms. The van der Waals surface area contributed by atoms with Crippen molar-refractivity contribution in [2.45, 2.75) is 20.4 Å². The van der Waals surface area contributed by atoms with Crippen LogP contribution in [-0.2, 0) is 6.54 Å². The zero-order valence-electron chi connectivity index (χ0n) is 10.9. The van der Waals surface area contributed by atoms with E-state index in [-0.39, 0.29) is 0 Å². The fraction of sp³-hybridized carbons (Fsp3) is 0.286. The molecule has 0 amide bonds. The highest BCUT2D eigenvalue weighted by molar-refractivity contribution is 7.12. The maximum absolute atomic E-state index is 5.96. The zero-order valence-corrected chi connectivity index (χ0v) is 11.7. The van der Waals surface area contributed by atoms with Crippen LogP contribution in [-0.4, -0.2) is 7.11 Å². The van der Waals surface area contributed by atoms with Crippen LogP contribution in [0.1, 0.15) is 15.3 Å². The van der Waals surface area contributed by atoms with E-state index in [1.165, 1.54) is 15.3 Å². The van der Waals surface area contributed by atoms with E-state index in [1.807, 2.05) is 29.5 Å². The van der Waals surface area contributed by atoms with E-state index in [4.69, 9.17) is 10.5 Å². The van der Waals surface area contributed by atoms with Crippen molar-refractivity contribution in [3.05, 3.63) is 39.6 Å². The number of benzene rings is 1. The first-order chi connectivity index (χ1) is 8.60. The average molecular weight is 262 g/mol. The zero-order chi connectivity index (χ0) is 13.1. The van der Waals surface area contributed by atoms with Gasteiger partial charge in [-0.25, -0.2) is 0 Å². The lowest BCUT2D eigenvalue weighted by Gasteiger charge is -2.09. The number of nitrogens with one attached hydrogen (secondary N) is 1. The van der Waals surface area contributed by atoms with Gasteiger partial charge in [0.05, 0.1) is 18.5 Å². The second-order valence-corrected chi connectivity index (χ2v) is 5.60. The molecule has 2 rings (SSSR count). The van der Waals surface area contributed by atoms with E-state index < -0.39 is 0 Å². The Morgan fingerprint density at radius 1 is 1.28 bits per heavy atom. The van der Waals surface area contributed by atoms with Gasteiger partial charge in [0.1, 0.15) is 5.75 Å². The van der Waals surface area contributed by atoms with Crippen LogP contribution in [0.25, 0.3) is 0 Å². The molecule has 2 aromatic rings. The van der Waals surface area contributed by atoms with Gasteiger partial charge in [0, 0.05) is 22.4 Å². The van der Waals surface area contributed by atoms with Gasteiger partial charge in [0.2, 0.25) is 0 Å². The second-order valence-electron chi connectivity index (χ2n) is 4.26. The minimum atomic E-state index is 0.708. The normalized spacial score (nSPS) is 10.4. The molecular weight excluding hydrogens is 244 g/mol. The number of ether oxygens (including phenoxy) is 1. The summed E-state index contributed by atoms with van der Waals surface area (Å²) in [5.41, 5.74) is 8.96. The molecule has 0 aliphatic carbocycles. The molecule has 0 radical (unpaired) electrons. The number of hydrogen-bond donors (Lipinski definition) is 2. The number of hydrogen-bond acceptors (Lipinski definition) is 4. The summed E-state index contributed by atoms with van der Waals surface area (Å²) >= 11 is 1.82. The Balaban J connectivity index is 2.06. The molecule has 0 spiro atoms. The van der Waals surface area contributed by atoms with Crippen molar-refractivity contribution in [1.29, 1.82) is 0 Å². The lowest BCUT2D eigenvalue weighted by atomic mass is 10.2. The van der Waals surface area contributed by atoms with Crippen LogP contribution in [0, 0.1) is 13.8 Å². The van der Waals surface area contributed by atoms with Gasteiger partial charge in [0.15, 0.2) is 0 Å². The maximum atomic E-state index is 5.96. The number of nitrogen functional groups attached to an aromatic ring is 1. The average Bonchev–Trinajstić information content (AvgIpc) is 2.67. The molecule has 3 nitrogen and oxygen atoms in total. The molecule has 4 heteroatoms. The largest absolute Gasteiger partial charge is 0.497 e. The van der Waals surface area contributed by atoms with Gasteiger partial charge in [0.25, 0.3) is 0 Å². The molecule has 1 heterocycles. The van der Waals surface area contributed by atoms with Crippen LogP contribution >= 0.6 is 11.3 Å². The Morgan fingerprint density at radius 2 is 2.06 bits per heavy atom. The van der Waals surface area contributed by atoms with Crippen molar-refractivity contribution in [2.24, 2.45) is 0 Å². The maximum Gasteiger partial charge on any atom is 0.121 e. The molecule has 1 aromatic heterocycles. The van der Waals surface area contributed by atoms with E-state index in [0.717, 1.165) is 18.0 Å². The molecule has 0 aliphatic rings. The van der Waals surface area contributed by atoms with Gasteiger partial charge in [-0.1, -0.05) is 0 Å². The van der Waals surface area contributed by atoms with E-state index in [9.17, 15) is 0 Å². The second kappa shape index (κ2) is 5.31. The summed E-state index contributed by atoms with van der Waals surface area (Å²) < 4.78 is 5.13. The first-order valence-corrected chi connectivity index (χ1v) is 6.65. The van der Waals surface area contributed by atoms with E-state index in [1.54, 1.807) is 7.11 Å². The summed E-state index contributed by atoms with van der Waals surface area (Å²) in [5.74, 6) is 0.779. The van der Waals surface area contributed by atoms with Crippen LogP contribution in [0.3, 0.4) is 0 Å². The standard InChI is InChI=1S/C14H18N2OS/c1-9-6-12(18-10(9)2)8-16-14-5-4-11(17-3)7-13(14)15/h4-7,16H,8,15H2,1-3H3. The van der Waals surface area contributed by atoms with Gasteiger partial charge in [-0.3, -0.25) is 0 Å². The Bertz CT molecular complexity index is 529. The summed E-state index contributed by atoms with van der Waals surface area (Å²) in [6.45, 7) is 5.08. The van der Waals surface area contributed by atoms with Crippen molar-refractivity contribution in [2.75, 3.05) is 18.2 Å². The smallest absolute Gasteiger partial charge is 0.121 e. The summed E-state index contributed by atoms with van der Waals surface area (Å²) in [5, 5.41) is 3.35. The fourth-order valence-electron chi connectivity index (χ4n) is 1.75. The Morgan fingerprint density at radius 3 is 2.61 bits per heavy atom. The van der Waals surface area contributed by atoms with Crippen molar-refractivity contribution in [1.82, 2.24) is 0 Å².